The molecule has 0 radical (unpaired) electrons. The molecule has 2 rings (SSSR count). The van der Waals surface area contributed by atoms with Gasteiger partial charge in [0, 0.05) is 12.2 Å². The molecule has 1 aliphatic heterocycles. The zero-order valence-corrected chi connectivity index (χ0v) is 15.5. The number of esters is 1. The molecule has 1 aromatic rings. The van der Waals surface area contributed by atoms with Crippen LogP contribution >= 0.6 is 12.2 Å². The predicted octanol–water partition coefficient (Wildman–Crippen LogP) is 2.72. The Bertz CT molecular complexity index is 725. The minimum Gasteiger partial charge on any atom is -0.478 e. The average Bonchev–Trinajstić information content (AvgIpc) is 2.57. The number of carbonyl (C=O) groups is 2. The second-order valence-corrected chi connectivity index (χ2v) is 6.69. The molecule has 2 N–H and O–H groups in total. The molecule has 0 aliphatic carbocycles. The minimum atomic E-state index is -0.998. The molecule has 134 valence electrons. The van der Waals surface area contributed by atoms with Crippen LogP contribution in [0.3, 0.4) is 0 Å². The zero-order chi connectivity index (χ0) is 18.7. The molecule has 1 aliphatic rings. The number of rotatable bonds is 5. The van der Waals surface area contributed by atoms with Crippen molar-refractivity contribution < 1.29 is 19.4 Å². The number of nitrogens with one attached hydrogen (secondary N) is 1. The van der Waals surface area contributed by atoms with E-state index in [4.69, 9.17) is 22.1 Å². The summed E-state index contributed by atoms with van der Waals surface area (Å²) in [4.78, 5) is 25.3. The number of carbonyl (C=O) groups excluding carboxylic acids is 1. The smallest absolute Gasteiger partial charge is 0.337 e. The number of aromatic carboxylic acids is 1. The Morgan fingerprint density at radius 3 is 2.40 bits per heavy atom. The summed E-state index contributed by atoms with van der Waals surface area (Å²) in [6.07, 6.45) is 0. The fourth-order valence-corrected chi connectivity index (χ4v) is 3.14. The molecule has 0 spiro atoms. The van der Waals surface area contributed by atoms with Gasteiger partial charge in [-0.15, -0.1) is 0 Å². The van der Waals surface area contributed by atoms with E-state index in [0.29, 0.717) is 23.1 Å². The standard InChI is InChI=1S/C18H22N2O4S/c1-10(2)9-20-11(3)14(17(23)24-4)15(19-18(20)25)12-5-7-13(8-6-12)16(21)22/h5-8,10,15H,9H2,1-4H3,(H,19,25)(H,21,22). The third kappa shape index (κ3) is 3.99. The Balaban J connectivity index is 2.49. The number of carboxylic acids is 1. The van der Waals surface area contributed by atoms with Gasteiger partial charge >= 0.3 is 11.9 Å². The number of methoxy groups -OCH3 is 1. The van der Waals surface area contributed by atoms with Crippen LogP contribution in [0.2, 0.25) is 0 Å². The maximum Gasteiger partial charge on any atom is 0.337 e. The van der Waals surface area contributed by atoms with E-state index in [2.05, 4.69) is 19.2 Å². The highest BCUT2D eigenvalue weighted by atomic mass is 32.1. The van der Waals surface area contributed by atoms with E-state index in [1.54, 1.807) is 12.1 Å². The fraction of sp³-hybridized carbons (Fsp3) is 0.389. The molecule has 1 unspecified atom stereocenters. The topological polar surface area (TPSA) is 78.9 Å². The van der Waals surface area contributed by atoms with E-state index in [1.807, 2.05) is 11.8 Å². The Labute approximate surface area is 152 Å². The van der Waals surface area contributed by atoms with Gasteiger partial charge in [0.15, 0.2) is 5.11 Å². The van der Waals surface area contributed by atoms with Crippen LogP contribution in [0.5, 0.6) is 0 Å². The van der Waals surface area contributed by atoms with Gasteiger partial charge in [-0.25, -0.2) is 9.59 Å². The zero-order valence-electron chi connectivity index (χ0n) is 14.7. The van der Waals surface area contributed by atoms with Gasteiger partial charge in [0.25, 0.3) is 0 Å². The predicted molar refractivity (Wildman–Crippen MR) is 98.1 cm³/mol. The van der Waals surface area contributed by atoms with Crippen molar-refractivity contribution >= 4 is 29.3 Å². The van der Waals surface area contributed by atoms with Crippen molar-refractivity contribution in [1.82, 2.24) is 10.2 Å². The maximum atomic E-state index is 12.4. The largest absolute Gasteiger partial charge is 0.478 e. The molecule has 0 aromatic heterocycles. The molecule has 1 heterocycles. The van der Waals surface area contributed by atoms with Crippen LogP contribution in [0.4, 0.5) is 0 Å². The number of benzene rings is 1. The number of carboxylic acid groups (broad SMARTS) is 1. The van der Waals surface area contributed by atoms with Gasteiger partial charge in [0.2, 0.25) is 0 Å². The van der Waals surface area contributed by atoms with Crippen LogP contribution in [0.1, 0.15) is 42.7 Å². The minimum absolute atomic E-state index is 0.184. The van der Waals surface area contributed by atoms with Crippen molar-refractivity contribution in [2.24, 2.45) is 5.92 Å². The molecule has 7 heteroatoms. The number of ether oxygens (including phenoxy) is 1. The Hall–Kier alpha value is -2.41. The molecule has 1 aromatic carbocycles. The first-order chi connectivity index (χ1) is 11.8. The number of hydrogen-bond donors (Lipinski definition) is 2. The number of allylic oxidation sites excluding steroid dienone is 1. The van der Waals surface area contributed by atoms with Gasteiger partial charge in [0.05, 0.1) is 24.3 Å². The van der Waals surface area contributed by atoms with Crippen molar-refractivity contribution in [3.8, 4) is 0 Å². The summed E-state index contributed by atoms with van der Waals surface area (Å²) < 4.78 is 4.96. The molecule has 0 bridgehead atoms. The number of thiocarbonyl (C=S) groups is 1. The van der Waals surface area contributed by atoms with Gasteiger partial charge in [-0.2, -0.15) is 0 Å². The van der Waals surface area contributed by atoms with Crippen LogP contribution in [0.25, 0.3) is 0 Å². The second-order valence-electron chi connectivity index (χ2n) is 6.30. The van der Waals surface area contributed by atoms with Gasteiger partial charge in [0.1, 0.15) is 0 Å². The quantitative estimate of drug-likeness (QED) is 0.616. The summed E-state index contributed by atoms with van der Waals surface area (Å²) in [6, 6.07) is 5.89. The van der Waals surface area contributed by atoms with E-state index in [-0.39, 0.29) is 5.56 Å². The normalized spacial score (nSPS) is 17.6. The molecular formula is C18H22N2O4S. The number of nitrogens with zero attached hydrogens (tertiary/aromatic N) is 1. The highest BCUT2D eigenvalue weighted by Gasteiger charge is 2.34. The van der Waals surface area contributed by atoms with Gasteiger partial charge in [-0.1, -0.05) is 26.0 Å². The lowest BCUT2D eigenvalue weighted by atomic mass is 9.94. The lowest BCUT2D eigenvalue weighted by Crippen LogP contribution is -2.48. The lowest BCUT2D eigenvalue weighted by molar-refractivity contribution is -0.136. The summed E-state index contributed by atoms with van der Waals surface area (Å²) in [7, 11) is 1.34. The molecule has 6 nitrogen and oxygen atoms in total. The molecular weight excluding hydrogens is 340 g/mol. The van der Waals surface area contributed by atoms with E-state index >= 15 is 0 Å². The lowest BCUT2D eigenvalue weighted by Gasteiger charge is -2.38. The Kier molecular flexibility index (Phi) is 5.79. The van der Waals surface area contributed by atoms with Crippen LogP contribution in [-0.2, 0) is 9.53 Å². The van der Waals surface area contributed by atoms with Crippen LogP contribution in [0, 0.1) is 5.92 Å². The van der Waals surface area contributed by atoms with Crippen molar-refractivity contribution in [2.45, 2.75) is 26.8 Å². The van der Waals surface area contributed by atoms with Gasteiger partial charge in [-0.05, 0) is 42.8 Å². The molecule has 0 saturated heterocycles. The summed E-state index contributed by atoms with van der Waals surface area (Å²) in [6.45, 7) is 6.68. The summed E-state index contributed by atoms with van der Waals surface area (Å²) in [5.41, 5.74) is 2.15. The first kappa shape index (κ1) is 18.9. The van der Waals surface area contributed by atoms with Gasteiger partial charge in [-0.3, -0.25) is 0 Å². The van der Waals surface area contributed by atoms with E-state index < -0.39 is 18.0 Å². The molecule has 0 amide bonds. The SMILES string of the molecule is COC(=O)C1=C(C)N(CC(C)C)C(=S)NC1c1ccc(C(=O)O)cc1. The third-order valence-corrected chi connectivity index (χ3v) is 4.38. The highest BCUT2D eigenvalue weighted by Crippen LogP contribution is 2.31. The fourth-order valence-electron chi connectivity index (χ4n) is 2.81. The van der Waals surface area contributed by atoms with E-state index in [0.717, 1.165) is 11.3 Å². The molecule has 25 heavy (non-hydrogen) atoms. The second kappa shape index (κ2) is 7.65. The van der Waals surface area contributed by atoms with E-state index in [1.165, 1.54) is 19.2 Å². The average molecular weight is 362 g/mol. The van der Waals surface area contributed by atoms with E-state index in [9.17, 15) is 9.59 Å². The summed E-state index contributed by atoms with van der Waals surface area (Å²) in [5, 5.41) is 12.8. The van der Waals surface area contributed by atoms with Crippen molar-refractivity contribution in [2.75, 3.05) is 13.7 Å². The van der Waals surface area contributed by atoms with Crippen molar-refractivity contribution in [1.29, 1.82) is 0 Å². The first-order valence-corrected chi connectivity index (χ1v) is 8.37. The van der Waals surface area contributed by atoms with Crippen LogP contribution in [-0.4, -0.2) is 40.7 Å². The molecule has 0 saturated carbocycles. The van der Waals surface area contributed by atoms with Crippen molar-refractivity contribution in [3.63, 3.8) is 0 Å². The third-order valence-electron chi connectivity index (χ3n) is 4.04. The molecule has 1 atom stereocenters. The van der Waals surface area contributed by atoms with Crippen molar-refractivity contribution in [3.05, 3.63) is 46.7 Å². The van der Waals surface area contributed by atoms with Crippen LogP contribution < -0.4 is 5.32 Å². The summed E-state index contributed by atoms with van der Waals surface area (Å²) >= 11 is 5.48. The maximum absolute atomic E-state index is 12.4. The van der Waals surface area contributed by atoms with Crippen LogP contribution in [0.15, 0.2) is 35.5 Å². The monoisotopic (exact) mass is 362 g/mol. The number of hydrogen-bond acceptors (Lipinski definition) is 4. The summed E-state index contributed by atoms with van der Waals surface area (Å²) in [5.74, 6) is -1.07. The Morgan fingerprint density at radius 1 is 1.32 bits per heavy atom. The first-order valence-electron chi connectivity index (χ1n) is 7.96. The Morgan fingerprint density at radius 2 is 1.92 bits per heavy atom. The van der Waals surface area contributed by atoms with Gasteiger partial charge < -0.3 is 20.1 Å². The highest BCUT2D eigenvalue weighted by molar-refractivity contribution is 7.80. The molecule has 0 fully saturated rings.